The van der Waals surface area contributed by atoms with Gasteiger partial charge in [0.1, 0.15) is 16.8 Å². The number of hydrogen-bond acceptors (Lipinski definition) is 7. The van der Waals surface area contributed by atoms with Crippen LogP contribution in [-0.2, 0) is 0 Å². The normalized spacial score (nSPS) is 11.7. The molecule has 8 heteroatoms. The lowest BCUT2D eigenvalue weighted by molar-refractivity contribution is 0.293. The molecule has 0 unspecified atom stereocenters. The lowest BCUT2D eigenvalue weighted by atomic mass is 10.1. The first kappa shape index (κ1) is 15.6. The van der Waals surface area contributed by atoms with Gasteiger partial charge in [0.15, 0.2) is 5.43 Å². The Kier molecular flexibility index (Phi) is 3.83. The van der Waals surface area contributed by atoms with Crippen LogP contribution in [0.4, 0.5) is 5.69 Å². The third-order valence-electron chi connectivity index (χ3n) is 4.20. The zero-order valence-electron chi connectivity index (χ0n) is 13.4. The van der Waals surface area contributed by atoms with Crippen LogP contribution in [-0.4, -0.2) is 51.3 Å². The zero-order chi connectivity index (χ0) is 17.4. The van der Waals surface area contributed by atoms with Crippen LogP contribution in [0.15, 0.2) is 35.1 Å². The molecule has 0 bridgehead atoms. The van der Waals surface area contributed by atoms with Gasteiger partial charge in [-0.1, -0.05) is 5.21 Å². The monoisotopic (exact) mass is 339 g/mol. The van der Waals surface area contributed by atoms with Crippen LogP contribution in [0.25, 0.3) is 27.3 Å². The number of rotatable bonds is 6. The molecule has 4 N–H and O–H groups in total. The van der Waals surface area contributed by atoms with Gasteiger partial charge in [-0.3, -0.25) is 4.79 Å². The summed E-state index contributed by atoms with van der Waals surface area (Å²) in [7, 11) is 0. The predicted octanol–water partition coefficient (Wildman–Crippen LogP) is 0.533. The minimum atomic E-state index is -0.169. The van der Waals surface area contributed by atoms with Crippen LogP contribution in [0.2, 0.25) is 0 Å². The SMILES string of the molecule is O=c1c2cc(O)ccc2n2nnc3ccc(NCCNCCO)c1c32. The Labute approximate surface area is 142 Å². The second-order valence-electron chi connectivity index (χ2n) is 5.79. The molecule has 0 radical (unpaired) electrons. The maximum absolute atomic E-state index is 13.0. The van der Waals surface area contributed by atoms with Crippen molar-refractivity contribution >= 4 is 33.0 Å². The van der Waals surface area contributed by atoms with Crippen LogP contribution in [0, 0.1) is 0 Å². The van der Waals surface area contributed by atoms with E-state index in [0.29, 0.717) is 52.6 Å². The lowest BCUT2D eigenvalue weighted by Gasteiger charge is -2.11. The number of pyridine rings is 1. The summed E-state index contributed by atoms with van der Waals surface area (Å²) < 4.78 is 1.63. The van der Waals surface area contributed by atoms with Gasteiger partial charge in [-0.2, -0.15) is 0 Å². The molecule has 0 aliphatic carbocycles. The van der Waals surface area contributed by atoms with E-state index < -0.39 is 0 Å². The second-order valence-corrected chi connectivity index (χ2v) is 5.79. The summed E-state index contributed by atoms with van der Waals surface area (Å²) in [4.78, 5) is 13.0. The van der Waals surface area contributed by atoms with E-state index in [1.54, 1.807) is 10.6 Å². The minimum Gasteiger partial charge on any atom is -0.508 e. The van der Waals surface area contributed by atoms with E-state index in [9.17, 15) is 9.90 Å². The van der Waals surface area contributed by atoms with Gasteiger partial charge < -0.3 is 20.8 Å². The topological polar surface area (TPSA) is 112 Å². The number of aromatic nitrogens is 3. The van der Waals surface area contributed by atoms with Gasteiger partial charge in [-0.25, -0.2) is 4.52 Å². The first-order chi connectivity index (χ1) is 12.2. The van der Waals surface area contributed by atoms with Gasteiger partial charge >= 0.3 is 0 Å². The van der Waals surface area contributed by atoms with E-state index in [1.807, 2.05) is 12.1 Å². The number of phenols is 1. The first-order valence-electron chi connectivity index (χ1n) is 8.02. The number of aliphatic hydroxyl groups excluding tert-OH is 1. The molecule has 0 aliphatic heterocycles. The summed E-state index contributed by atoms with van der Waals surface area (Å²) in [6.07, 6.45) is 0. The second kappa shape index (κ2) is 6.15. The number of phenolic OH excluding ortho intramolecular Hbond substituents is 1. The maximum atomic E-state index is 13.0. The highest BCUT2D eigenvalue weighted by Crippen LogP contribution is 2.28. The Balaban J connectivity index is 1.88. The van der Waals surface area contributed by atoms with Crippen molar-refractivity contribution in [3.05, 3.63) is 40.6 Å². The van der Waals surface area contributed by atoms with Crippen molar-refractivity contribution in [1.82, 2.24) is 20.1 Å². The standard InChI is InChI=1S/C17H17N5O3/c23-8-7-18-5-6-19-12-2-3-13-16-15(12)17(25)11-9-10(24)1-4-14(11)22(16)21-20-13/h1-4,9,18-19,23-24H,5-8H2. The lowest BCUT2D eigenvalue weighted by Crippen LogP contribution is -2.25. The highest BCUT2D eigenvalue weighted by atomic mass is 16.3. The van der Waals surface area contributed by atoms with Crippen molar-refractivity contribution in [3.8, 4) is 5.75 Å². The number of aliphatic hydroxyl groups is 1. The van der Waals surface area contributed by atoms with Gasteiger partial charge in [0.05, 0.1) is 22.9 Å². The van der Waals surface area contributed by atoms with Crippen LogP contribution in [0.1, 0.15) is 0 Å². The fourth-order valence-corrected chi connectivity index (χ4v) is 3.07. The average Bonchev–Trinajstić information content (AvgIpc) is 3.04. The molecule has 2 aromatic carbocycles. The minimum absolute atomic E-state index is 0.0329. The number of nitrogens with zero attached hydrogens (tertiary/aromatic N) is 3. The number of nitrogens with one attached hydrogen (secondary N) is 2. The molecule has 4 rings (SSSR count). The van der Waals surface area contributed by atoms with E-state index in [-0.39, 0.29) is 17.8 Å². The molecule has 0 fully saturated rings. The molecule has 0 aliphatic rings. The molecular weight excluding hydrogens is 322 g/mol. The molecule has 0 saturated heterocycles. The third kappa shape index (κ3) is 2.51. The molecule has 128 valence electrons. The molecule has 0 atom stereocenters. The van der Waals surface area contributed by atoms with Gasteiger partial charge in [0.25, 0.3) is 0 Å². The summed E-state index contributed by atoms with van der Waals surface area (Å²) in [5, 5.41) is 34.0. The van der Waals surface area contributed by atoms with Crippen molar-refractivity contribution in [3.63, 3.8) is 0 Å². The van der Waals surface area contributed by atoms with Crippen molar-refractivity contribution in [1.29, 1.82) is 0 Å². The number of hydrogen-bond donors (Lipinski definition) is 4. The molecule has 0 spiro atoms. The summed E-state index contributed by atoms with van der Waals surface area (Å²) >= 11 is 0. The average molecular weight is 339 g/mol. The molecular formula is C17H17N5O3. The van der Waals surface area contributed by atoms with E-state index in [0.717, 1.165) is 0 Å². The van der Waals surface area contributed by atoms with Crippen LogP contribution in [0.3, 0.4) is 0 Å². The van der Waals surface area contributed by atoms with Crippen LogP contribution < -0.4 is 16.1 Å². The number of anilines is 1. The fraction of sp³-hybridized carbons (Fsp3) is 0.235. The Morgan fingerprint density at radius 1 is 1.12 bits per heavy atom. The highest BCUT2D eigenvalue weighted by Gasteiger charge is 2.17. The third-order valence-corrected chi connectivity index (χ3v) is 4.20. The Hall–Kier alpha value is -2.97. The van der Waals surface area contributed by atoms with Crippen LogP contribution in [0.5, 0.6) is 5.75 Å². The zero-order valence-corrected chi connectivity index (χ0v) is 13.4. The van der Waals surface area contributed by atoms with Gasteiger partial charge in [0, 0.05) is 25.3 Å². The molecule has 8 nitrogen and oxygen atoms in total. The largest absolute Gasteiger partial charge is 0.508 e. The molecule has 2 heterocycles. The predicted molar refractivity (Wildman–Crippen MR) is 95.6 cm³/mol. The smallest absolute Gasteiger partial charge is 0.199 e. The van der Waals surface area contributed by atoms with Crippen molar-refractivity contribution in [2.75, 3.05) is 31.6 Å². The van der Waals surface area contributed by atoms with E-state index in [1.165, 1.54) is 12.1 Å². The maximum Gasteiger partial charge on any atom is 0.199 e. The van der Waals surface area contributed by atoms with E-state index in [4.69, 9.17) is 5.11 Å². The van der Waals surface area contributed by atoms with Crippen molar-refractivity contribution in [2.45, 2.75) is 0 Å². The van der Waals surface area contributed by atoms with Crippen molar-refractivity contribution < 1.29 is 10.2 Å². The highest BCUT2D eigenvalue weighted by molar-refractivity contribution is 6.06. The van der Waals surface area contributed by atoms with E-state index in [2.05, 4.69) is 20.9 Å². The van der Waals surface area contributed by atoms with Gasteiger partial charge in [0.2, 0.25) is 0 Å². The summed E-state index contributed by atoms with van der Waals surface area (Å²) in [6.45, 7) is 1.86. The summed E-state index contributed by atoms with van der Waals surface area (Å²) in [5.74, 6) is 0.0329. The molecule has 2 aromatic heterocycles. The Morgan fingerprint density at radius 3 is 2.84 bits per heavy atom. The number of fused-ring (bicyclic) bond motifs is 2. The summed E-state index contributed by atoms with van der Waals surface area (Å²) in [6, 6.07) is 8.28. The van der Waals surface area contributed by atoms with Gasteiger partial charge in [-0.05, 0) is 30.3 Å². The number of aromatic hydroxyl groups is 1. The fourth-order valence-electron chi connectivity index (χ4n) is 3.07. The Bertz CT molecular complexity index is 1110. The van der Waals surface area contributed by atoms with Crippen LogP contribution >= 0.6 is 0 Å². The van der Waals surface area contributed by atoms with Gasteiger partial charge in [-0.15, -0.1) is 5.10 Å². The quantitative estimate of drug-likeness (QED) is 0.299. The summed E-state index contributed by atoms with van der Waals surface area (Å²) in [5.41, 5.74) is 2.44. The first-order valence-corrected chi connectivity index (χ1v) is 8.02. The van der Waals surface area contributed by atoms with E-state index >= 15 is 0 Å². The molecule has 0 saturated carbocycles. The van der Waals surface area contributed by atoms with Crippen molar-refractivity contribution in [2.24, 2.45) is 0 Å². The molecule has 0 amide bonds. The molecule has 25 heavy (non-hydrogen) atoms. The molecule has 4 aromatic rings. The Morgan fingerprint density at radius 2 is 2.00 bits per heavy atom. The number of benzene rings is 2.